The number of carbonyl (C=O) groups excluding carboxylic acids is 2. The Bertz CT molecular complexity index is 1080. The van der Waals surface area contributed by atoms with Crippen molar-refractivity contribution in [3.05, 3.63) is 59.9 Å². The molecule has 4 N–H and O–H groups in total. The molecule has 3 heterocycles. The maximum absolute atomic E-state index is 11.8. The molecule has 0 spiro atoms. The van der Waals surface area contributed by atoms with Crippen molar-refractivity contribution in [2.45, 2.75) is 19.4 Å². The summed E-state index contributed by atoms with van der Waals surface area (Å²) in [6.45, 7) is 2.54. The number of hydrogen-bond donors (Lipinski definition) is 3. The first-order valence-electron chi connectivity index (χ1n) is 9.42. The van der Waals surface area contributed by atoms with Gasteiger partial charge in [0.1, 0.15) is 23.3 Å². The van der Waals surface area contributed by atoms with Crippen molar-refractivity contribution in [3.63, 3.8) is 0 Å². The highest BCUT2D eigenvalue weighted by molar-refractivity contribution is 5.92. The van der Waals surface area contributed by atoms with Crippen LogP contribution >= 0.6 is 0 Å². The molecule has 1 atom stereocenters. The van der Waals surface area contributed by atoms with Gasteiger partial charge < -0.3 is 21.1 Å². The van der Waals surface area contributed by atoms with E-state index in [1.54, 1.807) is 36.5 Å². The number of pyridine rings is 1. The molecule has 1 fully saturated rings. The molecule has 1 aliphatic heterocycles. The second-order valence-electron chi connectivity index (χ2n) is 6.90. The zero-order valence-corrected chi connectivity index (χ0v) is 16.3. The lowest BCUT2D eigenvalue weighted by Crippen LogP contribution is -2.30. The summed E-state index contributed by atoms with van der Waals surface area (Å²) in [5, 5.41) is 5.79. The third-order valence-electron chi connectivity index (χ3n) is 4.57. The van der Waals surface area contributed by atoms with Crippen LogP contribution in [-0.2, 0) is 4.79 Å². The zero-order valence-electron chi connectivity index (χ0n) is 16.3. The maximum Gasteiger partial charge on any atom is 0.267 e. The van der Waals surface area contributed by atoms with E-state index in [1.165, 1.54) is 6.07 Å². The number of rotatable bonds is 6. The monoisotopic (exact) mass is 404 g/mol. The van der Waals surface area contributed by atoms with Crippen LogP contribution in [0.5, 0.6) is 11.6 Å². The number of carbonyl (C=O) groups is 2. The number of ether oxygens (including phenoxy) is 1. The molecule has 1 unspecified atom stereocenters. The van der Waals surface area contributed by atoms with Gasteiger partial charge in [-0.1, -0.05) is 6.07 Å². The van der Waals surface area contributed by atoms with Gasteiger partial charge in [0.05, 0.1) is 0 Å². The molecule has 9 heteroatoms. The molecule has 3 aromatic rings. The number of nitrogens with one attached hydrogen (secondary N) is 2. The molecule has 0 bridgehead atoms. The third-order valence-corrected chi connectivity index (χ3v) is 4.57. The highest BCUT2D eigenvalue weighted by atomic mass is 16.5. The Morgan fingerprint density at radius 2 is 2.00 bits per heavy atom. The predicted octanol–water partition coefficient (Wildman–Crippen LogP) is 2.04. The predicted molar refractivity (Wildman–Crippen MR) is 110 cm³/mol. The lowest BCUT2D eigenvalue weighted by Gasteiger charge is -2.13. The highest BCUT2D eigenvalue weighted by Crippen LogP contribution is 2.25. The van der Waals surface area contributed by atoms with E-state index in [2.05, 4.69) is 25.6 Å². The van der Waals surface area contributed by atoms with Crippen molar-refractivity contribution in [1.82, 2.24) is 20.3 Å². The smallest absolute Gasteiger partial charge is 0.267 e. The molecule has 1 saturated heterocycles. The fourth-order valence-corrected chi connectivity index (χ4v) is 2.99. The van der Waals surface area contributed by atoms with E-state index < -0.39 is 11.9 Å². The molecular formula is C21H20N6O3. The summed E-state index contributed by atoms with van der Waals surface area (Å²) in [6.07, 6.45) is 2.36. The van der Waals surface area contributed by atoms with Gasteiger partial charge in [0.2, 0.25) is 11.8 Å². The van der Waals surface area contributed by atoms with Crippen molar-refractivity contribution >= 4 is 17.6 Å². The largest absolute Gasteiger partial charge is 0.439 e. The number of nitrogens with two attached hydrogens (primary N) is 1. The minimum Gasteiger partial charge on any atom is -0.439 e. The molecule has 9 nitrogen and oxygen atoms in total. The van der Waals surface area contributed by atoms with Gasteiger partial charge >= 0.3 is 0 Å². The topological polar surface area (TPSA) is 132 Å². The summed E-state index contributed by atoms with van der Waals surface area (Å²) < 4.78 is 5.73. The Morgan fingerprint density at radius 1 is 1.20 bits per heavy atom. The van der Waals surface area contributed by atoms with Crippen molar-refractivity contribution < 1.29 is 14.3 Å². The molecular weight excluding hydrogens is 384 g/mol. The molecule has 1 aromatic carbocycles. The Hall–Kier alpha value is -4.01. The minimum atomic E-state index is -0.678. The average Bonchev–Trinajstić information content (AvgIpc) is 3.14. The average molecular weight is 404 g/mol. The Morgan fingerprint density at radius 3 is 2.63 bits per heavy atom. The second kappa shape index (κ2) is 8.16. The van der Waals surface area contributed by atoms with Crippen LogP contribution in [0.25, 0.3) is 11.4 Å². The van der Waals surface area contributed by atoms with Crippen LogP contribution in [0.15, 0.2) is 48.7 Å². The van der Waals surface area contributed by atoms with Crippen LogP contribution in [0.3, 0.4) is 0 Å². The SMILES string of the molecule is Cc1ccc(Oc2ccc(-c3nc(NC4CCNC4=O)cc(C(N)=O)n3)cc2)nc1. The summed E-state index contributed by atoms with van der Waals surface area (Å²) >= 11 is 0. The summed E-state index contributed by atoms with van der Waals surface area (Å²) in [6, 6.07) is 11.8. The first-order chi connectivity index (χ1) is 14.5. The van der Waals surface area contributed by atoms with Crippen LogP contribution in [-0.4, -0.2) is 39.4 Å². The second-order valence-corrected chi connectivity index (χ2v) is 6.90. The number of aryl methyl sites for hydroxylation is 1. The van der Waals surface area contributed by atoms with E-state index in [0.29, 0.717) is 41.8 Å². The third kappa shape index (κ3) is 4.35. The summed E-state index contributed by atoms with van der Waals surface area (Å²) in [5.41, 5.74) is 7.20. The summed E-state index contributed by atoms with van der Waals surface area (Å²) in [5.74, 6) is 0.973. The number of benzene rings is 1. The molecule has 0 aliphatic carbocycles. The molecule has 0 saturated carbocycles. The van der Waals surface area contributed by atoms with Crippen LogP contribution < -0.4 is 21.1 Å². The minimum absolute atomic E-state index is 0.0603. The lowest BCUT2D eigenvalue weighted by atomic mass is 10.2. The molecule has 1 aliphatic rings. The number of aromatic nitrogens is 3. The fraction of sp³-hybridized carbons (Fsp3) is 0.190. The van der Waals surface area contributed by atoms with Gasteiger partial charge in [-0.25, -0.2) is 15.0 Å². The van der Waals surface area contributed by atoms with E-state index in [-0.39, 0.29) is 11.6 Å². The van der Waals surface area contributed by atoms with E-state index in [1.807, 2.05) is 13.0 Å². The quantitative estimate of drug-likeness (QED) is 0.573. The van der Waals surface area contributed by atoms with Crippen LogP contribution in [0, 0.1) is 6.92 Å². The number of nitrogens with zero attached hydrogens (tertiary/aromatic N) is 3. The molecule has 0 radical (unpaired) electrons. The van der Waals surface area contributed by atoms with Gasteiger partial charge in [-0.05, 0) is 43.2 Å². The highest BCUT2D eigenvalue weighted by Gasteiger charge is 2.24. The van der Waals surface area contributed by atoms with E-state index in [0.717, 1.165) is 5.56 Å². The molecule has 2 aromatic heterocycles. The first kappa shape index (κ1) is 19.3. The Labute approximate surface area is 172 Å². The summed E-state index contributed by atoms with van der Waals surface area (Å²) in [7, 11) is 0. The van der Waals surface area contributed by atoms with Crippen LogP contribution in [0.1, 0.15) is 22.5 Å². The van der Waals surface area contributed by atoms with Crippen molar-refractivity contribution in [1.29, 1.82) is 0 Å². The first-order valence-corrected chi connectivity index (χ1v) is 9.42. The van der Waals surface area contributed by atoms with Crippen LogP contribution in [0.4, 0.5) is 5.82 Å². The van der Waals surface area contributed by atoms with Crippen molar-refractivity contribution in [3.8, 4) is 23.0 Å². The van der Waals surface area contributed by atoms with Gasteiger partial charge in [-0.2, -0.15) is 0 Å². The van der Waals surface area contributed by atoms with E-state index in [4.69, 9.17) is 10.5 Å². The molecule has 4 rings (SSSR count). The zero-order chi connectivity index (χ0) is 21.1. The van der Waals surface area contributed by atoms with E-state index in [9.17, 15) is 9.59 Å². The van der Waals surface area contributed by atoms with Gasteiger partial charge in [0.15, 0.2) is 5.82 Å². The lowest BCUT2D eigenvalue weighted by molar-refractivity contribution is -0.119. The van der Waals surface area contributed by atoms with Crippen LogP contribution in [0.2, 0.25) is 0 Å². The molecule has 30 heavy (non-hydrogen) atoms. The van der Waals surface area contributed by atoms with Gasteiger partial charge in [0.25, 0.3) is 5.91 Å². The van der Waals surface area contributed by atoms with Gasteiger partial charge in [-0.15, -0.1) is 0 Å². The standard InChI is InChI=1S/C21H20N6O3/c1-12-2-7-18(24-11-12)30-14-5-3-13(4-6-14)20-26-16(19(22)28)10-17(27-20)25-15-8-9-23-21(15)29/h2-7,10-11,15H,8-9H2,1H3,(H2,22,28)(H,23,29)(H,25,26,27). The Balaban J connectivity index is 1.58. The van der Waals surface area contributed by atoms with Crippen molar-refractivity contribution in [2.75, 3.05) is 11.9 Å². The fourth-order valence-electron chi connectivity index (χ4n) is 2.99. The number of primary amides is 1. The Kier molecular flexibility index (Phi) is 5.25. The maximum atomic E-state index is 11.8. The van der Waals surface area contributed by atoms with Crippen molar-refractivity contribution in [2.24, 2.45) is 5.73 Å². The number of amides is 2. The normalized spacial score (nSPS) is 15.5. The number of anilines is 1. The molecule has 152 valence electrons. The molecule has 2 amide bonds. The number of hydrogen-bond acceptors (Lipinski definition) is 7. The summed E-state index contributed by atoms with van der Waals surface area (Å²) in [4.78, 5) is 36.4. The van der Waals surface area contributed by atoms with E-state index >= 15 is 0 Å². The van der Waals surface area contributed by atoms with Gasteiger partial charge in [0, 0.05) is 30.4 Å². The van der Waals surface area contributed by atoms with Gasteiger partial charge in [-0.3, -0.25) is 9.59 Å².